The largest absolute Gasteiger partial charge is 0.471 e. The molecule has 0 aromatic heterocycles. The molecule has 2 heterocycles. The van der Waals surface area contributed by atoms with Gasteiger partial charge < -0.3 is 44.5 Å². The van der Waals surface area contributed by atoms with Gasteiger partial charge in [-0.1, -0.05) is 37.3 Å². The van der Waals surface area contributed by atoms with Gasteiger partial charge >= 0.3 is 5.97 Å². The highest BCUT2D eigenvalue weighted by molar-refractivity contribution is 5.87. The van der Waals surface area contributed by atoms with Gasteiger partial charge in [-0.25, -0.2) is 4.79 Å². The third-order valence-corrected chi connectivity index (χ3v) is 7.06. The number of aldehydes is 1. The molecule has 5 N–H and O–H groups in total. The predicted octanol–water partition coefficient (Wildman–Crippen LogP) is -0.746. The third-order valence-electron chi connectivity index (χ3n) is 7.06. The monoisotopic (exact) mass is 506 g/mol. The van der Waals surface area contributed by atoms with Crippen molar-refractivity contribution >= 4 is 18.3 Å². The molecule has 3 aliphatic rings. The fraction of sp³-hybridized carbons (Fsp3) is 0.520. The average molecular weight is 507 g/mol. The van der Waals surface area contributed by atoms with Crippen molar-refractivity contribution in [3.8, 4) is 0 Å². The van der Waals surface area contributed by atoms with Crippen molar-refractivity contribution in [2.24, 2.45) is 11.8 Å². The van der Waals surface area contributed by atoms with Gasteiger partial charge in [0.15, 0.2) is 12.6 Å². The van der Waals surface area contributed by atoms with E-state index in [1.54, 1.807) is 13.0 Å². The van der Waals surface area contributed by atoms with E-state index in [2.05, 4.69) is 0 Å². The van der Waals surface area contributed by atoms with Crippen molar-refractivity contribution in [3.05, 3.63) is 53.8 Å². The molecular weight excluding hydrogens is 476 g/mol. The minimum atomic E-state index is -1.77. The lowest BCUT2D eigenvalue weighted by atomic mass is 9.79. The number of aliphatic hydroxyl groups excluding tert-OH is 4. The van der Waals surface area contributed by atoms with Crippen LogP contribution >= 0.6 is 0 Å². The second-order valence-electron chi connectivity index (χ2n) is 9.26. The van der Waals surface area contributed by atoms with Gasteiger partial charge in [0.05, 0.1) is 24.4 Å². The quantitative estimate of drug-likeness (QED) is 0.179. The Morgan fingerprint density at radius 1 is 1.14 bits per heavy atom. The van der Waals surface area contributed by atoms with E-state index < -0.39 is 73.1 Å². The van der Waals surface area contributed by atoms with Gasteiger partial charge in [-0.3, -0.25) is 4.79 Å². The van der Waals surface area contributed by atoms with E-state index in [-0.39, 0.29) is 12.0 Å². The van der Waals surface area contributed by atoms with Crippen LogP contribution < -0.4 is 0 Å². The summed E-state index contributed by atoms with van der Waals surface area (Å²) in [6.07, 6.45) is -5.52. The highest BCUT2D eigenvalue weighted by Gasteiger charge is 2.61. The zero-order chi connectivity index (χ0) is 26.0. The number of hydrogen-bond donors (Lipinski definition) is 5. The molecule has 1 aliphatic carbocycles. The van der Waals surface area contributed by atoms with Gasteiger partial charge in [-0.15, -0.1) is 0 Å². The highest BCUT2D eigenvalue weighted by Crippen LogP contribution is 2.50. The Morgan fingerprint density at radius 2 is 1.86 bits per heavy atom. The summed E-state index contributed by atoms with van der Waals surface area (Å²) in [5.41, 5.74) is -1.04. The maximum Gasteiger partial charge on any atom is 0.331 e. The van der Waals surface area contributed by atoms with Crippen LogP contribution in [0.3, 0.4) is 0 Å². The Morgan fingerprint density at radius 3 is 2.53 bits per heavy atom. The average Bonchev–Trinajstić information content (AvgIpc) is 3.13. The van der Waals surface area contributed by atoms with E-state index in [1.165, 1.54) is 6.08 Å². The van der Waals surface area contributed by atoms with Crippen LogP contribution in [0.4, 0.5) is 0 Å². The van der Waals surface area contributed by atoms with Crippen molar-refractivity contribution < 1.29 is 54.1 Å². The number of carbonyl (C=O) groups is 2. The maximum atomic E-state index is 12.5. The van der Waals surface area contributed by atoms with Crippen LogP contribution in [-0.2, 0) is 28.5 Å². The molecule has 0 radical (unpaired) electrons. The highest BCUT2D eigenvalue weighted by atomic mass is 16.8. The minimum Gasteiger partial charge on any atom is -0.471 e. The Balaban J connectivity index is 1.51. The number of carbonyl (C=O) groups excluding carboxylic acids is 2. The predicted molar refractivity (Wildman–Crippen MR) is 121 cm³/mol. The van der Waals surface area contributed by atoms with Gasteiger partial charge in [-0.05, 0) is 11.6 Å². The fourth-order valence-corrected chi connectivity index (χ4v) is 5.03. The fourth-order valence-electron chi connectivity index (χ4n) is 5.03. The summed E-state index contributed by atoms with van der Waals surface area (Å²) in [4.78, 5) is 24.2. The number of aliphatic hydroxyl groups is 5. The van der Waals surface area contributed by atoms with Crippen molar-refractivity contribution in [1.29, 1.82) is 0 Å². The molecule has 10 atom stereocenters. The summed E-state index contributed by atoms with van der Waals surface area (Å²) in [7, 11) is 0. The van der Waals surface area contributed by atoms with Gasteiger partial charge in [0, 0.05) is 18.4 Å². The number of rotatable bonds is 7. The van der Waals surface area contributed by atoms with Crippen molar-refractivity contribution in [2.75, 3.05) is 6.61 Å². The standard InChI is InChI=1S/C25H30O11/c1-13-16(34-18(28)8-7-14-5-3-2-4-6-14)9-25(32)15(10-26)12-33-23(19(13)25)36-24-22(31)21(30)20(29)17(11-27)35-24/h2-8,10,12-13,16-17,19-24,27,29-32H,9,11H2,1H3/t13-,16-,17+,19-,20+,21-,22+,23-,24-,25-/m0/s1. The van der Waals surface area contributed by atoms with Crippen LogP contribution in [0, 0.1) is 11.8 Å². The molecule has 11 nitrogen and oxygen atoms in total. The second-order valence-corrected chi connectivity index (χ2v) is 9.26. The molecule has 36 heavy (non-hydrogen) atoms. The Hall–Kier alpha value is -2.64. The number of ether oxygens (including phenoxy) is 4. The lowest BCUT2D eigenvalue weighted by Crippen LogP contribution is -2.61. The van der Waals surface area contributed by atoms with E-state index in [4.69, 9.17) is 18.9 Å². The number of esters is 1. The number of hydrogen-bond acceptors (Lipinski definition) is 11. The van der Waals surface area contributed by atoms with Crippen LogP contribution in [0.15, 0.2) is 48.2 Å². The summed E-state index contributed by atoms with van der Waals surface area (Å²) in [6, 6.07) is 9.14. The normalized spacial score (nSPS) is 40.3. The SMILES string of the molecule is C[C@@H]1[C@H]2[C@H](O[C@@H]3O[C@H](CO)[C@@H](O)[C@H](O)[C@H]3O)OC=C(C=O)[C@@]2(O)C[C@@H]1OC(=O)C=Cc1ccccc1. The molecular formula is C25H30O11. The Kier molecular flexibility index (Phi) is 7.90. The first kappa shape index (κ1) is 26.4. The Bertz CT molecular complexity index is 993. The molecule has 0 amide bonds. The smallest absolute Gasteiger partial charge is 0.331 e. The summed E-state index contributed by atoms with van der Waals surface area (Å²) in [6.45, 7) is 1.05. The van der Waals surface area contributed by atoms with E-state index in [9.17, 15) is 35.1 Å². The topological polar surface area (TPSA) is 172 Å². The van der Waals surface area contributed by atoms with E-state index in [0.29, 0.717) is 6.29 Å². The van der Waals surface area contributed by atoms with Crippen LogP contribution in [0.5, 0.6) is 0 Å². The third kappa shape index (κ3) is 4.96. The second kappa shape index (κ2) is 10.8. The molecule has 4 rings (SSSR count). The van der Waals surface area contributed by atoms with Gasteiger partial charge in [0.1, 0.15) is 36.1 Å². The Labute approximate surface area is 207 Å². The van der Waals surface area contributed by atoms with Crippen molar-refractivity contribution in [1.82, 2.24) is 0 Å². The summed E-state index contributed by atoms with van der Waals surface area (Å²) >= 11 is 0. The van der Waals surface area contributed by atoms with E-state index in [1.807, 2.05) is 30.3 Å². The van der Waals surface area contributed by atoms with Crippen LogP contribution in [-0.4, -0.2) is 93.1 Å². The first-order valence-electron chi connectivity index (χ1n) is 11.6. The van der Waals surface area contributed by atoms with Crippen molar-refractivity contribution in [2.45, 2.75) is 62.0 Å². The van der Waals surface area contributed by atoms with E-state index >= 15 is 0 Å². The summed E-state index contributed by atoms with van der Waals surface area (Å²) < 4.78 is 22.3. The molecule has 1 aromatic carbocycles. The van der Waals surface area contributed by atoms with Gasteiger partial charge in [0.2, 0.25) is 6.29 Å². The first-order valence-corrected chi connectivity index (χ1v) is 11.6. The molecule has 1 saturated heterocycles. The van der Waals surface area contributed by atoms with Gasteiger partial charge in [-0.2, -0.15) is 0 Å². The molecule has 11 heteroatoms. The maximum absolute atomic E-state index is 12.5. The molecule has 1 aromatic rings. The molecule has 196 valence electrons. The van der Waals surface area contributed by atoms with Crippen LogP contribution in [0.1, 0.15) is 18.9 Å². The zero-order valence-electron chi connectivity index (χ0n) is 19.5. The van der Waals surface area contributed by atoms with Crippen LogP contribution in [0.2, 0.25) is 0 Å². The van der Waals surface area contributed by atoms with Crippen molar-refractivity contribution in [3.63, 3.8) is 0 Å². The van der Waals surface area contributed by atoms with Crippen LogP contribution in [0.25, 0.3) is 6.08 Å². The lowest BCUT2D eigenvalue weighted by Gasteiger charge is -2.44. The molecule has 2 aliphatic heterocycles. The molecule has 1 saturated carbocycles. The summed E-state index contributed by atoms with van der Waals surface area (Å²) in [5, 5.41) is 51.3. The molecule has 0 spiro atoms. The lowest BCUT2D eigenvalue weighted by molar-refractivity contribution is -0.346. The zero-order valence-corrected chi connectivity index (χ0v) is 19.5. The minimum absolute atomic E-state index is 0.0635. The molecule has 0 bridgehead atoms. The molecule has 2 fully saturated rings. The summed E-state index contributed by atoms with van der Waals surface area (Å²) in [5.74, 6) is -2.13. The van der Waals surface area contributed by atoms with E-state index in [0.717, 1.165) is 11.8 Å². The number of benzene rings is 1. The first-order chi connectivity index (χ1) is 17.2. The molecule has 0 unspecified atom stereocenters. The number of fused-ring (bicyclic) bond motifs is 1. The van der Waals surface area contributed by atoms with Gasteiger partial charge in [0.25, 0.3) is 0 Å².